The minimum atomic E-state index is -0.596. The van der Waals surface area contributed by atoms with Gasteiger partial charge in [0.1, 0.15) is 17.8 Å². The van der Waals surface area contributed by atoms with Crippen molar-refractivity contribution in [3.63, 3.8) is 0 Å². The molecule has 0 atom stereocenters. The molecule has 0 spiro atoms. The molecule has 0 unspecified atom stereocenters. The molecule has 0 saturated heterocycles. The van der Waals surface area contributed by atoms with E-state index in [1.807, 2.05) is 51.2 Å². The molecule has 0 aliphatic heterocycles. The molecule has 1 aromatic carbocycles. The normalized spacial score (nSPS) is 12.5. The number of hydrogen-bond donors (Lipinski definition) is 0. The highest BCUT2D eigenvalue weighted by Crippen LogP contribution is 2.28. The van der Waals surface area contributed by atoms with E-state index in [2.05, 4.69) is 36.0 Å². The fourth-order valence-corrected chi connectivity index (χ4v) is 3.63. The molecular weight excluding hydrogens is 418 g/mol. The molecule has 8 heteroatoms. The third-order valence-corrected chi connectivity index (χ3v) is 5.20. The van der Waals surface area contributed by atoms with Gasteiger partial charge in [-0.05, 0) is 38.5 Å². The molecule has 4 aromatic rings. The number of hydrogen-bond acceptors (Lipinski definition) is 6. The Labute approximate surface area is 192 Å². The van der Waals surface area contributed by atoms with Gasteiger partial charge in [-0.2, -0.15) is 10.2 Å². The summed E-state index contributed by atoms with van der Waals surface area (Å²) >= 11 is 0. The van der Waals surface area contributed by atoms with E-state index in [0.29, 0.717) is 16.6 Å². The van der Waals surface area contributed by atoms with Crippen molar-refractivity contribution in [2.24, 2.45) is 0 Å². The zero-order valence-electron chi connectivity index (χ0n) is 20.1. The number of ketones is 1. The highest BCUT2D eigenvalue weighted by atomic mass is 16.6. The molecule has 0 fully saturated rings. The van der Waals surface area contributed by atoms with Crippen LogP contribution in [0, 0.1) is 0 Å². The first kappa shape index (κ1) is 22.6. The van der Waals surface area contributed by atoms with Gasteiger partial charge in [-0.3, -0.25) is 14.3 Å². The van der Waals surface area contributed by atoms with Crippen LogP contribution in [0.5, 0.6) is 0 Å². The Balaban J connectivity index is 1.75. The SMILES string of the molecule is CC(=O)c1nn(CC(=O)OC(C)(C)C)c2ccc(-c3cnc4cc(C(C)(C)C)nn4c3)cc12. The Morgan fingerprint density at radius 2 is 1.73 bits per heavy atom. The molecule has 172 valence electrons. The molecule has 0 amide bonds. The second kappa shape index (κ2) is 7.79. The van der Waals surface area contributed by atoms with Crippen LogP contribution in [0.1, 0.15) is 64.6 Å². The lowest BCUT2D eigenvalue weighted by Gasteiger charge is -2.19. The van der Waals surface area contributed by atoms with E-state index in [1.54, 1.807) is 10.7 Å². The zero-order valence-corrected chi connectivity index (χ0v) is 20.1. The van der Waals surface area contributed by atoms with E-state index >= 15 is 0 Å². The van der Waals surface area contributed by atoms with Gasteiger partial charge in [0.05, 0.1) is 11.2 Å². The van der Waals surface area contributed by atoms with Crippen molar-refractivity contribution in [3.8, 4) is 11.1 Å². The molecule has 0 aliphatic carbocycles. The maximum Gasteiger partial charge on any atom is 0.328 e. The van der Waals surface area contributed by atoms with Gasteiger partial charge in [0.2, 0.25) is 0 Å². The molecule has 0 bridgehead atoms. The number of carbonyl (C=O) groups is 2. The highest BCUT2D eigenvalue weighted by Gasteiger charge is 2.21. The second-order valence-corrected chi connectivity index (χ2v) is 10.3. The van der Waals surface area contributed by atoms with Gasteiger partial charge in [-0.15, -0.1) is 0 Å². The first-order valence-electron chi connectivity index (χ1n) is 10.9. The lowest BCUT2D eigenvalue weighted by atomic mass is 9.93. The Bertz CT molecular complexity index is 1380. The van der Waals surface area contributed by atoms with Gasteiger partial charge in [-0.25, -0.2) is 9.50 Å². The number of benzene rings is 1. The van der Waals surface area contributed by atoms with Crippen molar-refractivity contribution in [2.75, 3.05) is 0 Å². The Hall–Kier alpha value is -3.55. The van der Waals surface area contributed by atoms with Gasteiger partial charge < -0.3 is 4.74 Å². The minimum absolute atomic E-state index is 0.0726. The lowest BCUT2D eigenvalue weighted by molar-refractivity contribution is -0.155. The summed E-state index contributed by atoms with van der Waals surface area (Å²) in [7, 11) is 0. The quantitative estimate of drug-likeness (QED) is 0.336. The number of fused-ring (bicyclic) bond motifs is 2. The number of Topliss-reactive ketones (excluding diaryl/α,β-unsaturated/α-hetero) is 1. The highest BCUT2D eigenvalue weighted by molar-refractivity contribution is 6.06. The van der Waals surface area contributed by atoms with Crippen molar-refractivity contribution >= 4 is 28.3 Å². The average molecular weight is 448 g/mol. The topological polar surface area (TPSA) is 91.4 Å². The largest absolute Gasteiger partial charge is 0.459 e. The van der Waals surface area contributed by atoms with Crippen molar-refractivity contribution in [2.45, 2.75) is 66.0 Å². The van der Waals surface area contributed by atoms with Gasteiger partial charge in [-0.1, -0.05) is 26.8 Å². The van der Waals surface area contributed by atoms with Crippen LogP contribution in [0.2, 0.25) is 0 Å². The van der Waals surface area contributed by atoms with Crippen LogP contribution >= 0.6 is 0 Å². The Morgan fingerprint density at radius 3 is 2.36 bits per heavy atom. The molecular formula is C25H29N5O3. The van der Waals surface area contributed by atoms with Crippen LogP contribution in [0.3, 0.4) is 0 Å². The van der Waals surface area contributed by atoms with Crippen LogP contribution in [-0.4, -0.2) is 41.7 Å². The molecule has 4 rings (SSSR count). The summed E-state index contributed by atoms with van der Waals surface area (Å²) < 4.78 is 8.72. The summed E-state index contributed by atoms with van der Waals surface area (Å²) in [6.07, 6.45) is 3.72. The number of rotatable bonds is 4. The van der Waals surface area contributed by atoms with Crippen LogP contribution in [-0.2, 0) is 21.5 Å². The monoisotopic (exact) mass is 447 g/mol. The smallest absolute Gasteiger partial charge is 0.328 e. The number of ether oxygens (including phenoxy) is 1. The van der Waals surface area contributed by atoms with Crippen molar-refractivity contribution in [1.29, 1.82) is 0 Å². The van der Waals surface area contributed by atoms with E-state index in [1.165, 1.54) is 11.6 Å². The number of esters is 1. The molecule has 0 saturated carbocycles. The van der Waals surface area contributed by atoms with Crippen LogP contribution in [0.4, 0.5) is 0 Å². The summed E-state index contributed by atoms with van der Waals surface area (Å²) in [5.41, 5.74) is 3.82. The fourth-order valence-electron chi connectivity index (χ4n) is 3.63. The van der Waals surface area contributed by atoms with Crippen molar-refractivity contribution in [3.05, 3.63) is 48.0 Å². The predicted octanol–water partition coefficient (Wildman–Crippen LogP) is 4.59. The first-order valence-corrected chi connectivity index (χ1v) is 10.9. The summed E-state index contributed by atoms with van der Waals surface area (Å²) in [6, 6.07) is 7.68. The molecule has 3 aromatic heterocycles. The maximum atomic E-state index is 12.4. The molecule has 0 aliphatic rings. The van der Waals surface area contributed by atoms with E-state index < -0.39 is 11.6 Å². The van der Waals surface area contributed by atoms with E-state index in [9.17, 15) is 9.59 Å². The molecule has 33 heavy (non-hydrogen) atoms. The van der Waals surface area contributed by atoms with Gasteiger partial charge >= 0.3 is 5.97 Å². The zero-order chi connectivity index (χ0) is 24.1. The summed E-state index contributed by atoms with van der Waals surface area (Å²) in [4.78, 5) is 29.2. The number of nitrogens with zero attached hydrogens (tertiary/aromatic N) is 5. The molecule has 0 radical (unpaired) electrons. The first-order chi connectivity index (χ1) is 15.3. The third-order valence-electron chi connectivity index (χ3n) is 5.20. The third kappa shape index (κ3) is 4.65. The maximum absolute atomic E-state index is 12.4. The van der Waals surface area contributed by atoms with E-state index in [0.717, 1.165) is 22.5 Å². The Morgan fingerprint density at radius 1 is 1.00 bits per heavy atom. The van der Waals surface area contributed by atoms with E-state index in [4.69, 9.17) is 4.74 Å². The van der Waals surface area contributed by atoms with Crippen LogP contribution in [0.25, 0.3) is 27.7 Å². The average Bonchev–Trinajstić information content (AvgIpc) is 3.27. The summed E-state index contributed by atoms with van der Waals surface area (Å²) in [6.45, 7) is 13.2. The minimum Gasteiger partial charge on any atom is -0.459 e. The van der Waals surface area contributed by atoms with Crippen LogP contribution < -0.4 is 0 Å². The van der Waals surface area contributed by atoms with E-state index in [-0.39, 0.29) is 17.7 Å². The summed E-state index contributed by atoms with van der Waals surface area (Å²) in [5.74, 6) is -0.579. The summed E-state index contributed by atoms with van der Waals surface area (Å²) in [5, 5.41) is 9.76. The molecule has 3 heterocycles. The molecule has 8 nitrogen and oxygen atoms in total. The lowest BCUT2D eigenvalue weighted by Crippen LogP contribution is -2.26. The number of aromatic nitrogens is 5. The molecule has 0 N–H and O–H groups in total. The van der Waals surface area contributed by atoms with Crippen molar-refractivity contribution in [1.82, 2.24) is 24.4 Å². The van der Waals surface area contributed by atoms with Gasteiger partial charge in [0, 0.05) is 41.7 Å². The van der Waals surface area contributed by atoms with Gasteiger partial charge in [0.25, 0.3) is 0 Å². The fraction of sp³-hybridized carbons (Fsp3) is 0.400. The van der Waals surface area contributed by atoms with Gasteiger partial charge in [0.15, 0.2) is 11.4 Å². The van der Waals surface area contributed by atoms with Crippen molar-refractivity contribution < 1.29 is 14.3 Å². The predicted molar refractivity (Wildman–Crippen MR) is 126 cm³/mol. The number of carbonyl (C=O) groups excluding carboxylic acids is 2. The standard InChI is InChI=1S/C25H29N5O3/c1-15(31)23-18-10-16(8-9-19(18)29(28-23)14-22(32)33-25(5,6)7)17-12-26-21-11-20(24(2,3)4)27-30(21)13-17/h8-13H,14H2,1-7H3. The Kier molecular flexibility index (Phi) is 5.35. The van der Waals surface area contributed by atoms with Crippen LogP contribution in [0.15, 0.2) is 36.7 Å². The second-order valence-electron chi connectivity index (χ2n) is 10.3.